The van der Waals surface area contributed by atoms with Gasteiger partial charge >= 0.3 is 0 Å². The molecular formula is C17H33NO2. The summed E-state index contributed by atoms with van der Waals surface area (Å²) in [4.78, 5) is 0. The molecule has 2 heterocycles. The second-order valence-corrected chi connectivity index (χ2v) is 7.57. The maximum atomic E-state index is 6.08. The Morgan fingerprint density at radius 1 is 1.35 bits per heavy atom. The average molecular weight is 283 g/mol. The van der Waals surface area contributed by atoms with Gasteiger partial charge in [0.05, 0.1) is 12.2 Å². The molecule has 0 aromatic heterocycles. The van der Waals surface area contributed by atoms with E-state index in [1.165, 1.54) is 25.7 Å². The third-order valence-electron chi connectivity index (χ3n) is 5.24. The van der Waals surface area contributed by atoms with E-state index in [2.05, 4.69) is 33.0 Å². The first-order valence-electron chi connectivity index (χ1n) is 8.42. The second-order valence-electron chi connectivity index (χ2n) is 7.57. The predicted octanol–water partition coefficient (Wildman–Crippen LogP) is 3.38. The van der Waals surface area contributed by atoms with Crippen LogP contribution in [-0.2, 0) is 9.47 Å². The summed E-state index contributed by atoms with van der Waals surface area (Å²) in [6, 6.07) is 0.601. The Balaban J connectivity index is 1.90. The first-order valence-corrected chi connectivity index (χ1v) is 8.42. The lowest BCUT2D eigenvalue weighted by atomic mass is 9.67. The fraction of sp³-hybridized carbons (Fsp3) is 1.00. The molecule has 2 aliphatic heterocycles. The van der Waals surface area contributed by atoms with Crippen LogP contribution in [0.5, 0.6) is 0 Å². The topological polar surface area (TPSA) is 30.5 Å². The van der Waals surface area contributed by atoms with E-state index in [0.717, 1.165) is 38.7 Å². The van der Waals surface area contributed by atoms with Crippen LogP contribution in [-0.4, -0.2) is 38.0 Å². The highest BCUT2D eigenvalue weighted by atomic mass is 16.6. The van der Waals surface area contributed by atoms with E-state index in [9.17, 15) is 0 Å². The first-order chi connectivity index (χ1) is 9.47. The van der Waals surface area contributed by atoms with Crippen LogP contribution >= 0.6 is 0 Å². The average Bonchev–Trinajstić information content (AvgIpc) is 2.84. The lowest BCUT2D eigenvalue weighted by molar-refractivity contribution is -0.117. The quantitative estimate of drug-likeness (QED) is 0.810. The van der Waals surface area contributed by atoms with Gasteiger partial charge in [-0.1, -0.05) is 20.8 Å². The van der Waals surface area contributed by atoms with Crippen molar-refractivity contribution >= 4 is 0 Å². The van der Waals surface area contributed by atoms with Gasteiger partial charge in [0.25, 0.3) is 0 Å². The summed E-state index contributed by atoms with van der Waals surface area (Å²) in [7, 11) is 0. The number of hydrogen-bond acceptors (Lipinski definition) is 3. The fourth-order valence-corrected chi connectivity index (χ4v) is 3.98. The summed E-state index contributed by atoms with van der Waals surface area (Å²) in [5, 5.41) is 3.63. The van der Waals surface area contributed by atoms with Crippen molar-refractivity contribution < 1.29 is 9.47 Å². The molecule has 2 fully saturated rings. The van der Waals surface area contributed by atoms with Gasteiger partial charge in [-0.05, 0) is 50.5 Å². The Morgan fingerprint density at radius 2 is 2.15 bits per heavy atom. The highest BCUT2D eigenvalue weighted by Crippen LogP contribution is 2.45. The van der Waals surface area contributed by atoms with Crippen molar-refractivity contribution in [2.45, 2.75) is 71.4 Å². The molecule has 2 rings (SSSR count). The Morgan fingerprint density at radius 3 is 2.80 bits per heavy atom. The minimum atomic E-state index is 0.0419. The molecule has 3 heteroatoms. The van der Waals surface area contributed by atoms with Gasteiger partial charge in [-0.2, -0.15) is 0 Å². The maximum absolute atomic E-state index is 6.08. The molecule has 0 aromatic carbocycles. The minimum Gasteiger partial charge on any atom is -0.378 e. The van der Waals surface area contributed by atoms with E-state index in [1.807, 2.05) is 0 Å². The smallest absolute Gasteiger partial charge is 0.0939 e. The molecule has 118 valence electrons. The van der Waals surface area contributed by atoms with Crippen LogP contribution in [0.15, 0.2) is 0 Å². The molecule has 0 aliphatic carbocycles. The summed E-state index contributed by atoms with van der Waals surface area (Å²) in [5.41, 5.74) is 0.416. The van der Waals surface area contributed by atoms with Crippen LogP contribution in [0.4, 0.5) is 0 Å². The molecular weight excluding hydrogens is 250 g/mol. The Labute approximate surface area is 124 Å². The van der Waals surface area contributed by atoms with Gasteiger partial charge in [0.2, 0.25) is 0 Å². The highest BCUT2D eigenvalue weighted by Gasteiger charge is 2.45. The lowest BCUT2D eigenvalue weighted by Crippen LogP contribution is -2.45. The molecule has 0 amide bonds. The highest BCUT2D eigenvalue weighted by molar-refractivity contribution is 4.95. The number of hydrogen-bond donors (Lipinski definition) is 1. The molecule has 0 bridgehead atoms. The molecule has 1 spiro atoms. The summed E-state index contributed by atoms with van der Waals surface area (Å²) in [5.74, 6) is 0.754. The van der Waals surface area contributed by atoms with Gasteiger partial charge in [0.1, 0.15) is 0 Å². The predicted molar refractivity (Wildman–Crippen MR) is 83.0 cm³/mol. The standard InChI is InChI=1S/C17H33NO2/c1-5-8-18-14(2)11-16(3,4)15-6-9-20-17(12-15)7-10-19-13-17/h14-15,18H,5-13H2,1-4H3. The fourth-order valence-electron chi connectivity index (χ4n) is 3.98. The monoisotopic (exact) mass is 283 g/mol. The summed E-state index contributed by atoms with van der Waals surface area (Å²) in [6.45, 7) is 13.2. The molecule has 0 aromatic rings. The summed E-state index contributed by atoms with van der Waals surface area (Å²) >= 11 is 0. The lowest BCUT2D eigenvalue weighted by Gasteiger charge is -2.45. The Kier molecular flexibility index (Phi) is 5.49. The molecule has 20 heavy (non-hydrogen) atoms. The van der Waals surface area contributed by atoms with E-state index in [1.54, 1.807) is 0 Å². The van der Waals surface area contributed by atoms with Crippen molar-refractivity contribution in [2.75, 3.05) is 26.4 Å². The van der Waals surface area contributed by atoms with Crippen molar-refractivity contribution in [3.63, 3.8) is 0 Å². The van der Waals surface area contributed by atoms with Crippen molar-refractivity contribution in [2.24, 2.45) is 11.3 Å². The van der Waals surface area contributed by atoms with Gasteiger partial charge in [-0.25, -0.2) is 0 Å². The molecule has 3 unspecified atom stereocenters. The van der Waals surface area contributed by atoms with E-state index < -0.39 is 0 Å². The summed E-state index contributed by atoms with van der Waals surface area (Å²) < 4.78 is 11.7. The van der Waals surface area contributed by atoms with Crippen LogP contribution in [0, 0.1) is 11.3 Å². The minimum absolute atomic E-state index is 0.0419. The molecule has 1 N–H and O–H groups in total. The van der Waals surface area contributed by atoms with Crippen LogP contribution in [0.1, 0.15) is 59.8 Å². The number of rotatable bonds is 6. The third kappa shape index (κ3) is 3.96. The SMILES string of the molecule is CCCNC(C)CC(C)(C)C1CCOC2(CCOC2)C1. The zero-order valence-electron chi connectivity index (χ0n) is 13.8. The van der Waals surface area contributed by atoms with Crippen LogP contribution < -0.4 is 5.32 Å². The zero-order valence-corrected chi connectivity index (χ0v) is 13.8. The molecule has 3 atom stereocenters. The van der Waals surface area contributed by atoms with E-state index in [4.69, 9.17) is 9.47 Å². The van der Waals surface area contributed by atoms with E-state index in [0.29, 0.717) is 11.5 Å². The van der Waals surface area contributed by atoms with Gasteiger partial charge in [-0.3, -0.25) is 0 Å². The van der Waals surface area contributed by atoms with Crippen molar-refractivity contribution in [1.29, 1.82) is 0 Å². The van der Waals surface area contributed by atoms with Gasteiger partial charge in [0, 0.05) is 25.7 Å². The molecule has 0 radical (unpaired) electrons. The summed E-state index contributed by atoms with van der Waals surface area (Å²) in [6.07, 6.45) is 5.93. The normalized spacial score (nSPS) is 32.7. The van der Waals surface area contributed by atoms with Crippen LogP contribution in [0.3, 0.4) is 0 Å². The van der Waals surface area contributed by atoms with Crippen molar-refractivity contribution in [3.8, 4) is 0 Å². The first kappa shape index (κ1) is 16.3. The number of nitrogens with one attached hydrogen (secondary N) is 1. The largest absolute Gasteiger partial charge is 0.378 e. The molecule has 3 nitrogen and oxygen atoms in total. The van der Waals surface area contributed by atoms with Crippen molar-refractivity contribution in [3.05, 3.63) is 0 Å². The third-order valence-corrected chi connectivity index (χ3v) is 5.24. The van der Waals surface area contributed by atoms with Gasteiger partial charge < -0.3 is 14.8 Å². The molecule has 2 aliphatic rings. The van der Waals surface area contributed by atoms with Gasteiger partial charge in [-0.15, -0.1) is 0 Å². The maximum Gasteiger partial charge on any atom is 0.0939 e. The van der Waals surface area contributed by atoms with Crippen molar-refractivity contribution in [1.82, 2.24) is 5.32 Å². The van der Waals surface area contributed by atoms with Gasteiger partial charge in [0.15, 0.2) is 0 Å². The zero-order chi connectivity index (χ0) is 14.6. The second kappa shape index (κ2) is 6.76. The van der Waals surface area contributed by atoms with E-state index in [-0.39, 0.29) is 5.60 Å². The Hall–Kier alpha value is -0.120. The van der Waals surface area contributed by atoms with E-state index >= 15 is 0 Å². The van der Waals surface area contributed by atoms with Crippen LogP contribution in [0.25, 0.3) is 0 Å². The van der Waals surface area contributed by atoms with Crippen LogP contribution in [0.2, 0.25) is 0 Å². The Bertz CT molecular complexity index is 297. The number of ether oxygens (including phenoxy) is 2. The molecule has 0 saturated carbocycles. The molecule has 2 saturated heterocycles.